The van der Waals surface area contributed by atoms with Crippen LogP contribution in [0, 0.1) is 6.92 Å². The number of nitrogens with zero attached hydrogens (tertiary/aromatic N) is 1. The van der Waals surface area contributed by atoms with Gasteiger partial charge in [0.2, 0.25) is 5.78 Å². The van der Waals surface area contributed by atoms with E-state index >= 15 is 0 Å². The van der Waals surface area contributed by atoms with Crippen molar-refractivity contribution in [1.29, 1.82) is 0 Å². The fourth-order valence-electron chi connectivity index (χ4n) is 3.54. The molecule has 0 unspecified atom stereocenters. The number of fused-ring (bicyclic) bond motifs is 1. The molecule has 5 nitrogen and oxygen atoms in total. The molecule has 3 aromatic rings. The van der Waals surface area contributed by atoms with Crippen LogP contribution in [0.1, 0.15) is 33.9 Å². The lowest BCUT2D eigenvalue weighted by Gasteiger charge is -2.22. The van der Waals surface area contributed by atoms with Crippen molar-refractivity contribution in [2.75, 3.05) is 4.90 Å². The Kier molecular flexibility index (Phi) is 4.57. The number of hydrogen-bond acceptors (Lipinski definition) is 4. The van der Waals surface area contributed by atoms with Gasteiger partial charge in [0, 0.05) is 10.6 Å². The van der Waals surface area contributed by atoms with Crippen LogP contribution in [-0.4, -0.2) is 16.8 Å². The van der Waals surface area contributed by atoms with Crippen molar-refractivity contribution in [3.05, 3.63) is 88.3 Å². The Morgan fingerprint density at radius 1 is 1.11 bits per heavy atom. The number of carbonyl (C=O) groups excluding carboxylic acids is 2. The Morgan fingerprint density at radius 3 is 2.54 bits per heavy atom. The van der Waals surface area contributed by atoms with Gasteiger partial charge in [-0.05, 0) is 36.8 Å². The van der Waals surface area contributed by atoms with Crippen molar-refractivity contribution in [1.82, 2.24) is 0 Å². The molecule has 0 aliphatic carbocycles. The molecule has 1 amide bonds. The molecule has 142 valence electrons. The maximum Gasteiger partial charge on any atom is 0.264 e. The molecule has 2 heterocycles. The monoisotopic (exact) mass is 395 g/mol. The number of aliphatic hydroxyl groups is 1. The summed E-state index contributed by atoms with van der Waals surface area (Å²) in [5.74, 6) is -0.266. The second-order valence-electron chi connectivity index (χ2n) is 6.87. The summed E-state index contributed by atoms with van der Waals surface area (Å²) in [5, 5.41) is 11.8. The number of ketones is 1. The van der Waals surface area contributed by atoms with E-state index in [1.54, 1.807) is 49.4 Å². The predicted octanol–water partition coefficient (Wildman–Crippen LogP) is 4.25. The minimum absolute atomic E-state index is 0.126. The largest absolute Gasteiger partial charge is 0.458 e. The molecule has 0 radical (unpaired) electrons. The second-order valence-corrected chi connectivity index (χ2v) is 7.28. The molecule has 1 aliphatic rings. The zero-order valence-electron chi connectivity index (χ0n) is 15.2. The highest BCUT2D eigenvalue weighted by Crippen LogP contribution is 2.43. The molecule has 6 heteroatoms. The molecule has 28 heavy (non-hydrogen) atoms. The molecule has 1 aliphatic heterocycles. The van der Waals surface area contributed by atoms with Crippen LogP contribution in [0.15, 0.2) is 65.1 Å². The molecule has 0 saturated carbocycles. The van der Waals surface area contributed by atoms with Gasteiger partial charge in [0.25, 0.3) is 5.91 Å². The van der Waals surface area contributed by atoms with Gasteiger partial charge in [0.1, 0.15) is 5.76 Å². The lowest BCUT2D eigenvalue weighted by atomic mass is 9.89. The molecule has 0 bridgehead atoms. The predicted molar refractivity (Wildman–Crippen MR) is 105 cm³/mol. The van der Waals surface area contributed by atoms with Crippen LogP contribution in [0.4, 0.5) is 5.69 Å². The Bertz CT molecular complexity index is 1070. The van der Waals surface area contributed by atoms with Crippen LogP contribution < -0.4 is 4.90 Å². The van der Waals surface area contributed by atoms with Crippen LogP contribution >= 0.6 is 11.6 Å². The molecular weight excluding hydrogens is 378 g/mol. The average molecular weight is 396 g/mol. The molecule has 0 saturated heterocycles. The van der Waals surface area contributed by atoms with Crippen molar-refractivity contribution in [3.63, 3.8) is 0 Å². The van der Waals surface area contributed by atoms with Crippen molar-refractivity contribution < 1.29 is 19.1 Å². The highest BCUT2D eigenvalue weighted by molar-refractivity contribution is 6.31. The van der Waals surface area contributed by atoms with Gasteiger partial charge in [-0.2, -0.15) is 0 Å². The highest BCUT2D eigenvalue weighted by Gasteiger charge is 2.51. The Hall–Kier alpha value is -2.89. The first-order valence-electron chi connectivity index (χ1n) is 8.87. The molecular formula is C22H18ClNO4. The number of amides is 1. The van der Waals surface area contributed by atoms with Gasteiger partial charge in [0.15, 0.2) is 11.4 Å². The van der Waals surface area contributed by atoms with Gasteiger partial charge in [-0.15, -0.1) is 0 Å². The van der Waals surface area contributed by atoms with Crippen molar-refractivity contribution in [2.45, 2.75) is 25.5 Å². The third kappa shape index (κ3) is 3.03. The summed E-state index contributed by atoms with van der Waals surface area (Å²) in [6.07, 6.45) is -0.394. The maximum atomic E-state index is 13.2. The summed E-state index contributed by atoms with van der Waals surface area (Å²) in [5.41, 5.74) is -0.220. The molecule has 0 spiro atoms. The van der Waals surface area contributed by atoms with Gasteiger partial charge in [-0.25, -0.2) is 0 Å². The standard InChI is InChI=1S/C22H18ClNO4/c1-14-10-11-20(28-14)19(25)12-22(27)16-7-3-5-9-18(16)24(21(22)26)13-15-6-2-4-8-17(15)23/h2-11,27H,12-13H2,1H3/t22-/m0/s1. The number of carbonyl (C=O) groups is 2. The third-order valence-corrected chi connectivity index (χ3v) is 5.33. The zero-order chi connectivity index (χ0) is 19.9. The van der Waals surface area contributed by atoms with Gasteiger partial charge < -0.3 is 14.4 Å². The highest BCUT2D eigenvalue weighted by atomic mass is 35.5. The topological polar surface area (TPSA) is 70.8 Å². The SMILES string of the molecule is Cc1ccc(C(=O)C[C@@]2(O)C(=O)N(Cc3ccccc3Cl)c3ccccc32)o1. The quantitative estimate of drug-likeness (QED) is 0.655. The number of benzene rings is 2. The van der Waals surface area contributed by atoms with E-state index in [4.69, 9.17) is 16.0 Å². The third-order valence-electron chi connectivity index (χ3n) is 4.96. The van der Waals surface area contributed by atoms with Crippen LogP contribution in [0.5, 0.6) is 0 Å². The average Bonchev–Trinajstić information content (AvgIpc) is 3.20. The number of furan rings is 1. The van der Waals surface area contributed by atoms with E-state index in [1.807, 2.05) is 18.2 Å². The van der Waals surface area contributed by atoms with Crippen molar-refractivity contribution >= 4 is 29.0 Å². The number of aryl methyl sites for hydroxylation is 1. The number of rotatable bonds is 5. The van der Waals surface area contributed by atoms with E-state index in [1.165, 1.54) is 4.90 Å². The van der Waals surface area contributed by atoms with E-state index in [2.05, 4.69) is 0 Å². The first-order chi connectivity index (χ1) is 13.4. The summed E-state index contributed by atoms with van der Waals surface area (Å²) in [6, 6.07) is 17.4. The summed E-state index contributed by atoms with van der Waals surface area (Å²) < 4.78 is 5.36. The van der Waals surface area contributed by atoms with Crippen molar-refractivity contribution in [2.24, 2.45) is 0 Å². The lowest BCUT2D eigenvalue weighted by molar-refractivity contribution is -0.136. The molecule has 1 N–H and O–H groups in total. The van der Waals surface area contributed by atoms with E-state index in [0.29, 0.717) is 22.0 Å². The van der Waals surface area contributed by atoms with Gasteiger partial charge in [-0.1, -0.05) is 48.0 Å². The molecule has 1 atom stereocenters. The fourth-order valence-corrected chi connectivity index (χ4v) is 3.73. The van der Waals surface area contributed by atoms with E-state index in [9.17, 15) is 14.7 Å². The fraction of sp³-hybridized carbons (Fsp3) is 0.182. The number of halogens is 1. The summed E-state index contributed by atoms with van der Waals surface area (Å²) >= 11 is 6.25. The van der Waals surface area contributed by atoms with Crippen molar-refractivity contribution in [3.8, 4) is 0 Å². The Labute approximate surface area is 167 Å². The maximum absolute atomic E-state index is 13.2. The smallest absolute Gasteiger partial charge is 0.264 e. The molecule has 2 aromatic carbocycles. The normalized spacial score (nSPS) is 18.4. The molecule has 0 fully saturated rings. The van der Waals surface area contributed by atoms with Crippen LogP contribution in [0.25, 0.3) is 0 Å². The number of para-hydroxylation sites is 1. The number of anilines is 1. The summed E-state index contributed by atoms with van der Waals surface area (Å²) in [7, 11) is 0. The van der Waals surface area contributed by atoms with E-state index < -0.39 is 23.7 Å². The second kappa shape index (κ2) is 6.93. The zero-order valence-corrected chi connectivity index (χ0v) is 15.9. The van der Waals surface area contributed by atoms with Gasteiger partial charge >= 0.3 is 0 Å². The van der Waals surface area contributed by atoms with Gasteiger partial charge in [0.05, 0.1) is 18.7 Å². The van der Waals surface area contributed by atoms with Gasteiger partial charge in [-0.3, -0.25) is 9.59 Å². The van der Waals surface area contributed by atoms with Crippen LogP contribution in [-0.2, 0) is 16.9 Å². The first kappa shape index (κ1) is 18.5. The minimum Gasteiger partial charge on any atom is -0.458 e. The van der Waals surface area contributed by atoms with Crippen LogP contribution in [0.2, 0.25) is 5.02 Å². The summed E-state index contributed by atoms with van der Waals surface area (Å²) in [4.78, 5) is 27.3. The van der Waals surface area contributed by atoms with E-state index in [-0.39, 0.29) is 12.3 Å². The minimum atomic E-state index is -1.95. The lowest BCUT2D eigenvalue weighted by Crippen LogP contribution is -2.41. The summed E-state index contributed by atoms with van der Waals surface area (Å²) in [6.45, 7) is 1.93. The first-order valence-corrected chi connectivity index (χ1v) is 9.25. The van der Waals surface area contributed by atoms with Crippen LogP contribution in [0.3, 0.4) is 0 Å². The Morgan fingerprint density at radius 2 is 1.82 bits per heavy atom. The van der Waals surface area contributed by atoms with E-state index in [0.717, 1.165) is 5.56 Å². The molecule has 4 rings (SSSR count). The number of Topliss-reactive ketones (excluding diaryl/α,β-unsaturated/α-hetero) is 1. The molecule has 1 aromatic heterocycles. The number of hydrogen-bond donors (Lipinski definition) is 1. The Balaban J connectivity index is 1.70.